The molecule has 0 amide bonds. The van der Waals surface area contributed by atoms with Crippen molar-refractivity contribution in [3.63, 3.8) is 0 Å². The summed E-state index contributed by atoms with van der Waals surface area (Å²) in [6.45, 7) is 0. The summed E-state index contributed by atoms with van der Waals surface area (Å²) in [5, 5.41) is -0.141. The number of anilines is 2. The van der Waals surface area contributed by atoms with Crippen LogP contribution in [0.3, 0.4) is 0 Å². The van der Waals surface area contributed by atoms with E-state index in [2.05, 4.69) is 4.72 Å². The molecule has 0 aliphatic heterocycles. The number of hydrogen-bond donors (Lipinski definition) is 1. The van der Waals surface area contributed by atoms with Crippen molar-refractivity contribution in [3.8, 4) is 0 Å². The number of hydrogen-bond acceptors (Lipinski definition) is 3. The first-order valence-electron chi connectivity index (χ1n) is 6.05. The molecule has 0 aliphatic carbocycles. The molecule has 0 atom stereocenters. The van der Waals surface area contributed by atoms with Crippen LogP contribution in [0.1, 0.15) is 0 Å². The predicted octanol–water partition coefficient (Wildman–Crippen LogP) is 3.35. The lowest BCUT2D eigenvalue weighted by atomic mass is 10.3. The highest BCUT2D eigenvalue weighted by Gasteiger charge is 2.15. The molecule has 1 N–H and O–H groups in total. The molecule has 112 valence electrons. The van der Waals surface area contributed by atoms with Gasteiger partial charge in [-0.25, -0.2) is 12.8 Å². The van der Waals surface area contributed by atoms with Crippen LogP contribution in [0.25, 0.3) is 0 Å². The zero-order valence-electron chi connectivity index (χ0n) is 11.5. The van der Waals surface area contributed by atoms with Gasteiger partial charge in [0.05, 0.1) is 15.6 Å². The lowest BCUT2D eigenvalue weighted by Gasteiger charge is -2.13. The second-order valence-electron chi connectivity index (χ2n) is 4.62. The number of nitrogens with one attached hydrogen (secondary N) is 1. The molecule has 0 heterocycles. The Hall–Kier alpha value is -1.79. The zero-order chi connectivity index (χ0) is 15.6. The maximum absolute atomic E-state index is 13.1. The Balaban J connectivity index is 2.27. The van der Waals surface area contributed by atoms with Gasteiger partial charge in [0.2, 0.25) is 0 Å². The third-order valence-corrected chi connectivity index (χ3v) is 4.52. The van der Waals surface area contributed by atoms with E-state index in [4.69, 9.17) is 11.6 Å². The number of rotatable bonds is 4. The summed E-state index contributed by atoms with van der Waals surface area (Å²) in [4.78, 5) is 1.98. The van der Waals surface area contributed by atoms with Gasteiger partial charge in [0.25, 0.3) is 10.0 Å². The SMILES string of the molecule is CN(C)c1ccc(S(=O)(=O)Nc2ccc(F)c(Cl)c2)cc1. The van der Waals surface area contributed by atoms with Crippen LogP contribution in [0, 0.1) is 5.82 Å². The molecular formula is C14H14ClFN2O2S. The minimum Gasteiger partial charge on any atom is -0.378 e. The third kappa shape index (κ3) is 3.65. The van der Waals surface area contributed by atoms with E-state index in [9.17, 15) is 12.8 Å². The molecule has 0 saturated heterocycles. The Morgan fingerprint density at radius 1 is 1.10 bits per heavy atom. The number of benzene rings is 2. The van der Waals surface area contributed by atoms with Crippen LogP contribution in [0.15, 0.2) is 47.4 Å². The van der Waals surface area contributed by atoms with Gasteiger partial charge in [-0.05, 0) is 42.5 Å². The fourth-order valence-corrected chi connectivity index (χ4v) is 2.93. The van der Waals surface area contributed by atoms with E-state index in [1.165, 1.54) is 24.3 Å². The van der Waals surface area contributed by atoms with Crippen LogP contribution in [0.2, 0.25) is 5.02 Å². The highest BCUT2D eigenvalue weighted by Crippen LogP contribution is 2.23. The highest BCUT2D eigenvalue weighted by atomic mass is 35.5. The monoisotopic (exact) mass is 328 g/mol. The average molecular weight is 329 g/mol. The summed E-state index contributed by atoms with van der Waals surface area (Å²) in [5.74, 6) is -0.602. The van der Waals surface area contributed by atoms with Gasteiger partial charge in [0, 0.05) is 19.8 Å². The molecular weight excluding hydrogens is 315 g/mol. The van der Waals surface area contributed by atoms with Gasteiger partial charge in [-0.3, -0.25) is 4.72 Å². The smallest absolute Gasteiger partial charge is 0.261 e. The van der Waals surface area contributed by atoms with Gasteiger partial charge in [-0.2, -0.15) is 0 Å². The van der Waals surface area contributed by atoms with Crippen molar-refractivity contribution in [2.75, 3.05) is 23.7 Å². The molecule has 0 bridgehead atoms. The summed E-state index contributed by atoms with van der Waals surface area (Å²) in [6, 6.07) is 10.1. The van der Waals surface area contributed by atoms with Crippen molar-refractivity contribution in [1.29, 1.82) is 0 Å². The lowest BCUT2D eigenvalue weighted by Crippen LogP contribution is -2.14. The Kier molecular flexibility index (Phi) is 4.39. The normalized spacial score (nSPS) is 11.2. The number of sulfonamides is 1. The van der Waals surface area contributed by atoms with E-state index in [-0.39, 0.29) is 15.6 Å². The maximum atomic E-state index is 13.1. The maximum Gasteiger partial charge on any atom is 0.261 e. The van der Waals surface area contributed by atoms with Crippen LogP contribution >= 0.6 is 11.6 Å². The summed E-state index contributed by atoms with van der Waals surface area (Å²) in [7, 11) is -0.00828. The van der Waals surface area contributed by atoms with Gasteiger partial charge in [0.15, 0.2) is 0 Å². The molecule has 2 aromatic rings. The molecule has 2 aromatic carbocycles. The number of halogens is 2. The Morgan fingerprint density at radius 2 is 1.71 bits per heavy atom. The number of nitrogens with zero attached hydrogens (tertiary/aromatic N) is 1. The third-order valence-electron chi connectivity index (χ3n) is 2.84. The Labute approximate surface area is 128 Å². The molecule has 0 unspecified atom stereocenters. The molecule has 0 saturated carbocycles. The van der Waals surface area contributed by atoms with Crippen LogP contribution in [-0.2, 0) is 10.0 Å². The summed E-state index contributed by atoms with van der Waals surface area (Å²) in [6.07, 6.45) is 0. The minimum absolute atomic E-state index is 0.119. The second-order valence-corrected chi connectivity index (χ2v) is 6.71. The van der Waals surface area contributed by atoms with Crippen LogP contribution in [-0.4, -0.2) is 22.5 Å². The van der Waals surface area contributed by atoms with Crippen molar-refractivity contribution in [1.82, 2.24) is 0 Å². The van der Waals surface area contributed by atoms with Gasteiger partial charge >= 0.3 is 0 Å². The largest absolute Gasteiger partial charge is 0.378 e. The first-order chi connectivity index (χ1) is 9.79. The Morgan fingerprint density at radius 3 is 2.24 bits per heavy atom. The first-order valence-corrected chi connectivity index (χ1v) is 7.91. The van der Waals surface area contributed by atoms with E-state index >= 15 is 0 Å². The van der Waals surface area contributed by atoms with Crippen molar-refractivity contribution in [3.05, 3.63) is 53.3 Å². The fraction of sp³-hybridized carbons (Fsp3) is 0.143. The van der Waals surface area contributed by atoms with E-state index in [1.807, 2.05) is 19.0 Å². The quantitative estimate of drug-likeness (QED) is 0.936. The van der Waals surface area contributed by atoms with Gasteiger partial charge in [-0.1, -0.05) is 11.6 Å². The second kappa shape index (κ2) is 5.91. The molecule has 0 fully saturated rings. The van der Waals surface area contributed by atoms with E-state index in [0.29, 0.717) is 0 Å². The lowest BCUT2D eigenvalue weighted by molar-refractivity contribution is 0.601. The van der Waals surface area contributed by atoms with Gasteiger partial charge < -0.3 is 4.90 Å². The van der Waals surface area contributed by atoms with Crippen molar-refractivity contribution < 1.29 is 12.8 Å². The predicted molar refractivity (Wildman–Crippen MR) is 83.0 cm³/mol. The van der Waals surface area contributed by atoms with E-state index in [1.54, 1.807) is 12.1 Å². The summed E-state index contributed by atoms with van der Waals surface area (Å²) in [5.41, 5.74) is 1.09. The standard InChI is InChI=1S/C14H14ClFN2O2S/c1-18(2)11-4-6-12(7-5-11)21(19,20)17-10-3-8-14(16)13(15)9-10/h3-9,17H,1-2H3. The topological polar surface area (TPSA) is 49.4 Å². The van der Waals surface area contributed by atoms with E-state index in [0.717, 1.165) is 11.8 Å². The summed E-state index contributed by atoms with van der Waals surface area (Å²) >= 11 is 5.63. The van der Waals surface area contributed by atoms with Gasteiger partial charge in [-0.15, -0.1) is 0 Å². The van der Waals surface area contributed by atoms with Crippen molar-refractivity contribution in [2.24, 2.45) is 0 Å². The van der Waals surface area contributed by atoms with Crippen molar-refractivity contribution in [2.45, 2.75) is 4.90 Å². The minimum atomic E-state index is -3.74. The molecule has 7 heteroatoms. The average Bonchev–Trinajstić information content (AvgIpc) is 2.43. The summed E-state index contributed by atoms with van der Waals surface area (Å²) < 4.78 is 39.9. The molecule has 0 aliphatic rings. The molecule has 0 spiro atoms. The fourth-order valence-electron chi connectivity index (χ4n) is 1.70. The first kappa shape index (κ1) is 15.6. The molecule has 0 aromatic heterocycles. The molecule has 2 rings (SSSR count). The van der Waals surface area contributed by atoms with E-state index < -0.39 is 15.8 Å². The van der Waals surface area contributed by atoms with Crippen LogP contribution < -0.4 is 9.62 Å². The van der Waals surface area contributed by atoms with Crippen LogP contribution in [0.4, 0.5) is 15.8 Å². The molecule has 0 radical (unpaired) electrons. The zero-order valence-corrected chi connectivity index (χ0v) is 13.0. The highest BCUT2D eigenvalue weighted by molar-refractivity contribution is 7.92. The van der Waals surface area contributed by atoms with Crippen LogP contribution in [0.5, 0.6) is 0 Å². The Bertz CT molecular complexity index is 746. The van der Waals surface area contributed by atoms with Gasteiger partial charge in [0.1, 0.15) is 5.82 Å². The van der Waals surface area contributed by atoms with Crippen molar-refractivity contribution >= 4 is 33.0 Å². The molecule has 21 heavy (non-hydrogen) atoms. The molecule has 4 nitrogen and oxygen atoms in total.